The lowest BCUT2D eigenvalue weighted by Gasteiger charge is -2.50. The summed E-state index contributed by atoms with van der Waals surface area (Å²) in [6.45, 7) is 10.6. The van der Waals surface area contributed by atoms with Crippen molar-refractivity contribution in [1.29, 1.82) is 5.41 Å². The Morgan fingerprint density at radius 1 is 1.07 bits per heavy atom. The van der Waals surface area contributed by atoms with Gasteiger partial charge in [-0.05, 0) is 92.5 Å². The van der Waals surface area contributed by atoms with Crippen LogP contribution in [0.15, 0.2) is 35.8 Å². The molecule has 3 N–H and O–H groups in total. The van der Waals surface area contributed by atoms with Gasteiger partial charge in [-0.15, -0.1) is 0 Å². The SMILES string of the molecule is CC(=O)N1CCC(NC2CCN(C3CCC4(CC3)CNC4)CC2)=C(C(=N)N2CCCc3cc(-c4cnn(C)c4)c(C)cc32)C1. The maximum absolute atomic E-state index is 12.5. The van der Waals surface area contributed by atoms with Crippen molar-refractivity contribution >= 4 is 17.4 Å². The standard InChI is InChI=1S/C35H50N8O/c1-24-17-33-26(18-30(24)27-19-38-40(3)20-27)5-4-13-43(33)34(36)31-21-42(25(2)44)16-10-32(31)39-28-8-14-41(15-9-28)29-6-11-35(12-7-29)22-37-23-35/h17-20,28-29,36-37,39H,4-16,21-23H2,1-3H3. The Bertz CT molecular complexity index is 1440. The van der Waals surface area contributed by atoms with Crippen LogP contribution in [0, 0.1) is 17.7 Å². The van der Waals surface area contributed by atoms with Crippen LogP contribution < -0.4 is 15.5 Å². The summed E-state index contributed by atoms with van der Waals surface area (Å²) < 4.78 is 1.85. The molecule has 0 radical (unpaired) electrons. The molecule has 1 spiro atoms. The number of anilines is 1. The van der Waals surface area contributed by atoms with Crippen LogP contribution in [0.3, 0.4) is 0 Å². The smallest absolute Gasteiger partial charge is 0.219 e. The largest absolute Gasteiger partial charge is 0.385 e. The molecule has 1 amide bonds. The van der Waals surface area contributed by atoms with Crippen LogP contribution in [-0.2, 0) is 18.3 Å². The highest BCUT2D eigenvalue weighted by atomic mass is 16.2. The molecule has 9 heteroatoms. The van der Waals surface area contributed by atoms with Crippen LogP contribution >= 0.6 is 0 Å². The van der Waals surface area contributed by atoms with Gasteiger partial charge >= 0.3 is 0 Å². The molecule has 0 bridgehead atoms. The molecule has 1 aromatic heterocycles. The lowest BCUT2D eigenvalue weighted by atomic mass is 9.68. The number of aromatic nitrogens is 2. The minimum atomic E-state index is 0.0885. The normalized spacial score (nSPS) is 23.1. The third kappa shape index (κ3) is 5.69. The van der Waals surface area contributed by atoms with Crippen LogP contribution in [0.4, 0.5) is 5.69 Å². The third-order valence-electron chi connectivity index (χ3n) is 11.3. The van der Waals surface area contributed by atoms with Gasteiger partial charge in [-0.2, -0.15) is 5.10 Å². The third-order valence-corrected chi connectivity index (χ3v) is 11.3. The van der Waals surface area contributed by atoms with E-state index >= 15 is 0 Å². The summed E-state index contributed by atoms with van der Waals surface area (Å²) in [4.78, 5) is 19.4. The zero-order valence-corrected chi connectivity index (χ0v) is 26.9. The monoisotopic (exact) mass is 598 g/mol. The summed E-state index contributed by atoms with van der Waals surface area (Å²) >= 11 is 0. The Kier molecular flexibility index (Phi) is 8.04. The van der Waals surface area contributed by atoms with Gasteiger partial charge in [-0.3, -0.25) is 14.9 Å². The number of hydrogen-bond acceptors (Lipinski definition) is 6. The van der Waals surface area contributed by atoms with Crippen molar-refractivity contribution in [2.24, 2.45) is 12.5 Å². The number of nitrogens with zero attached hydrogens (tertiary/aromatic N) is 5. The van der Waals surface area contributed by atoms with Crippen molar-refractivity contribution < 1.29 is 4.79 Å². The number of hydrogen-bond donors (Lipinski definition) is 3. The fourth-order valence-corrected chi connectivity index (χ4v) is 8.48. The van der Waals surface area contributed by atoms with Crippen molar-refractivity contribution in [3.63, 3.8) is 0 Å². The van der Waals surface area contributed by atoms with Crippen LogP contribution in [0.2, 0.25) is 0 Å². The second-order valence-corrected chi connectivity index (χ2v) is 14.2. The predicted molar refractivity (Wildman–Crippen MR) is 176 cm³/mol. The van der Waals surface area contributed by atoms with Crippen molar-refractivity contribution in [2.45, 2.75) is 83.7 Å². The first-order chi connectivity index (χ1) is 21.3. The highest BCUT2D eigenvalue weighted by Crippen LogP contribution is 2.41. The maximum Gasteiger partial charge on any atom is 0.219 e. The van der Waals surface area contributed by atoms with Crippen LogP contribution in [-0.4, -0.2) is 89.2 Å². The Morgan fingerprint density at radius 3 is 2.50 bits per heavy atom. The van der Waals surface area contributed by atoms with Gasteiger partial charge in [0.1, 0.15) is 5.84 Å². The van der Waals surface area contributed by atoms with E-state index in [1.165, 1.54) is 61.2 Å². The van der Waals surface area contributed by atoms with Gasteiger partial charge in [0.05, 0.1) is 12.7 Å². The topological polar surface area (TPSA) is 92.5 Å². The van der Waals surface area contributed by atoms with Crippen LogP contribution in [0.5, 0.6) is 0 Å². The quantitative estimate of drug-likeness (QED) is 0.353. The second kappa shape index (κ2) is 12.0. The van der Waals surface area contributed by atoms with E-state index in [0.717, 1.165) is 81.1 Å². The molecular formula is C35H50N8O. The van der Waals surface area contributed by atoms with E-state index in [1.54, 1.807) is 6.92 Å². The van der Waals surface area contributed by atoms with E-state index < -0.39 is 0 Å². The molecule has 44 heavy (non-hydrogen) atoms. The van der Waals surface area contributed by atoms with E-state index in [0.29, 0.717) is 23.8 Å². The van der Waals surface area contributed by atoms with Crippen molar-refractivity contribution in [1.82, 2.24) is 30.2 Å². The number of amidine groups is 1. The lowest BCUT2D eigenvalue weighted by molar-refractivity contribution is -0.128. The van der Waals surface area contributed by atoms with Crippen molar-refractivity contribution in [3.8, 4) is 11.1 Å². The Labute approximate surface area is 262 Å². The zero-order valence-electron chi connectivity index (χ0n) is 26.9. The Hall–Kier alpha value is -3.17. The summed E-state index contributed by atoms with van der Waals surface area (Å²) in [7, 11) is 1.95. The fourth-order valence-electron chi connectivity index (χ4n) is 8.48. The summed E-state index contributed by atoms with van der Waals surface area (Å²) in [5.41, 5.74) is 8.75. The number of amides is 1. The van der Waals surface area contributed by atoms with Gasteiger partial charge in [0, 0.05) is 100 Å². The lowest BCUT2D eigenvalue weighted by Crippen LogP contribution is -2.57. The number of benzene rings is 1. The van der Waals surface area contributed by atoms with Gasteiger partial charge < -0.3 is 25.3 Å². The van der Waals surface area contributed by atoms with E-state index in [9.17, 15) is 10.2 Å². The summed E-state index contributed by atoms with van der Waals surface area (Å²) in [5.74, 6) is 0.637. The molecule has 3 fully saturated rings. The van der Waals surface area contributed by atoms with Gasteiger partial charge in [0.15, 0.2) is 0 Å². The number of rotatable bonds is 5. The van der Waals surface area contributed by atoms with Crippen molar-refractivity contribution in [2.75, 3.05) is 50.7 Å². The summed E-state index contributed by atoms with van der Waals surface area (Å²) in [5, 5.41) is 21.4. The average molecular weight is 599 g/mol. The molecule has 5 heterocycles. The van der Waals surface area contributed by atoms with Gasteiger partial charge in [-0.25, -0.2) is 0 Å². The van der Waals surface area contributed by atoms with Crippen LogP contribution in [0.25, 0.3) is 11.1 Å². The molecule has 4 aliphatic heterocycles. The number of likely N-dealkylation sites (tertiary alicyclic amines) is 1. The average Bonchev–Trinajstić information content (AvgIpc) is 3.45. The minimum Gasteiger partial charge on any atom is -0.385 e. The highest BCUT2D eigenvalue weighted by Gasteiger charge is 2.41. The first-order valence-electron chi connectivity index (χ1n) is 17.0. The minimum absolute atomic E-state index is 0.0885. The summed E-state index contributed by atoms with van der Waals surface area (Å²) in [6.07, 6.45) is 14.6. The molecule has 1 aliphatic carbocycles. The second-order valence-electron chi connectivity index (χ2n) is 14.2. The van der Waals surface area contributed by atoms with Gasteiger partial charge in [-0.1, -0.05) is 0 Å². The molecule has 0 unspecified atom stereocenters. The maximum atomic E-state index is 12.5. The number of aryl methyl sites for hydroxylation is 3. The number of carbonyl (C=O) groups is 1. The number of nitrogens with one attached hydrogen (secondary N) is 3. The molecular weight excluding hydrogens is 548 g/mol. The van der Waals surface area contributed by atoms with Gasteiger partial charge in [0.2, 0.25) is 5.91 Å². The molecule has 1 saturated carbocycles. The first kappa shape index (κ1) is 29.5. The number of piperidine rings is 1. The molecule has 2 saturated heterocycles. The molecule has 5 aliphatic rings. The Balaban J connectivity index is 1.07. The summed E-state index contributed by atoms with van der Waals surface area (Å²) in [6, 6.07) is 5.75. The van der Waals surface area contributed by atoms with E-state index in [-0.39, 0.29) is 5.91 Å². The van der Waals surface area contributed by atoms with E-state index in [4.69, 9.17) is 0 Å². The van der Waals surface area contributed by atoms with Crippen molar-refractivity contribution in [3.05, 3.63) is 46.9 Å². The number of fused-ring (bicyclic) bond motifs is 1. The first-order valence-corrected chi connectivity index (χ1v) is 17.0. The fraction of sp³-hybridized carbons (Fsp3) is 0.629. The van der Waals surface area contributed by atoms with Gasteiger partial charge in [0.25, 0.3) is 0 Å². The highest BCUT2D eigenvalue weighted by molar-refractivity contribution is 6.09. The molecule has 1 aromatic carbocycles. The van der Waals surface area contributed by atoms with Crippen LogP contribution in [0.1, 0.15) is 69.4 Å². The Morgan fingerprint density at radius 2 is 1.84 bits per heavy atom. The molecule has 7 rings (SSSR count). The molecule has 2 aromatic rings. The number of carbonyl (C=O) groups excluding carboxylic acids is 1. The predicted octanol–water partition coefficient (Wildman–Crippen LogP) is 4.22. The van der Waals surface area contributed by atoms with E-state index in [1.807, 2.05) is 22.8 Å². The molecule has 9 nitrogen and oxygen atoms in total. The molecule has 236 valence electrons. The zero-order chi connectivity index (χ0) is 30.4. The molecule has 0 atom stereocenters. The van der Waals surface area contributed by atoms with E-state index in [2.05, 4.69) is 50.8 Å².